The molecule has 0 atom stereocenters. The molecule has 0 aromatic carbocycles. The Bertz CT molecular complexity index is 234. The van der Waals surface area contributed by atoms with Crippen LogP contribution in [0.3, 0.4) is 0 Å². The Balaban J connectivity index is 2.79. The van der Waals surface area contributed by atoms with Gasteiger partial charge in [-0.3, -0.25) is 4.68 Å². The van der Waals surface area contributed by atoms with E-state index in [0.717, 1.165) is 22.4 Å². The van der Waals surface area contributed by atoms with Gasteiger partial charge >= 0.3 is 0 Å². The number of halogens is 1. The molecule has 4 heteroatoms. The third-order valence-corrected chi connectivity index (χ3v) is 2.25. The lowest BCUT2D eigenvalue weighted by Crippen LogP contribution is -2.01. The van der Waals surface area contributed by atoms with Crippen molar-refractivity contribution < 1.29 is 5.11 Å². The lowest BCUT2D eigenvalue weighted by molar-refractivity contribution is 0.275. The van der Waals surface area contributed by atoms with E-state index >= 15 is 0 Å². The summed E-state index contributed by atoms with van der Waals surface area (Å²) in [7, 11) is 0. The Hall–Kier alpha value is -0.100. The summed E-state index contributed by atoms with van der Waals surface area (Å²) in [6.07, 6.45) is 1.07. The van der Waals surface area contributed by atoms with Gasteiger partial charge in [0.25, 0.3) is 0 Å². The van der Waals surface area contributed by atoms with Crippen LogP contribution in [0.1, 0.15) is 19.0 Å². The van der Waals surface area contributed by atoms with Crippen molar-refractivity contribution in [2.75, 3.05) is 0 Å². The van der Waals surface area contributed by atoms with E-state index in [0.29, 0.717) is 0 Å². The second kappa shape index (κ2) is 4.06. The molecule has 0 aliphatic rings. The molecule has 0 spiro atoms. The zero-order valence-electron chi connectivity index (χ0n) is 6.42. The highest BCUT2D eigenvalue weighted by Crippen LogP contribution is 2.07. The molecular formula is C7H11IN2O. The molecule has 0 radical (unpaired) electrons. The molecule has 1 heterocycles. The van der Waals surface area contributed by atoms with Gasteiger partial charge in [0.1, 0.15) is 0 Å². The fourth-order valence-electron chi connectivity index (χ4n) is 0.890. The molecule has 1 N–H and O–H groups in total. The number of hydrogen-bond donors (Lipinski definition) is 1. The molecule has 3 nitrogen and oxygen atoms in total. The first-order chi connectivity index (χ1) is 5.27. The molecule has 62 valence electrons. The standard InChI is InChI=1S/C7H11IN2O/c1-2-3-10-7(8)4-6(5-11)9-10/h4,11H,2-3,5H2,1H3. The lowest BCUT2D eigenvalue weighted by Gasteiger charge is -1.97. The second-order valence-electron chi connectivity index (χ2n) is 2.34. The van der Waals surface area contributed by atoms with Crippen molar-refractivity contribution in [1.29, 1.82) is 0 Å². The SMILES string of the molecule is CCCn1nc(CO)cc1I. The molecule has 0 aliphatic heterocycles. The van der Waals surface area contributed by atoms with Crippen molar-refractivity contribution in [3.8, 4) is 0 Å². The summed E-state index contributed by atoms with van der Waals surface area (Å²) >= 11 is 2.22. The van der Waals surface area contributed by atoms with Crippen LogP contribution in [0.15, 0.2) is 6.07 Å². The third kappa shape index (κ3) is 2.16. The van der Waals surface area contributed by atoms with Crippen LogP contribution in [0.5, 0.6) is 0 Å². The van der Waals surface area contributed by atoms with Gasteiger partial charge < -0.3 is 5.11 Å². The molecular weight excluding hydrogens is 255 g/mol. The van der Waals surface area contributed by atoms with Gasteiger partial charge in [0, 0.05) is 6.54 Å². The number of aliphatic hydroxyl groups excluding tert-OH is 1. The summed E-state index contributed by atoms with van der Waals surface area (Å²) in [6.45, 7) is 3.07. The molecule has 0 bridgehead atoms. The summed E-state index contributed by atoms with van der Waals surface area (Å²) in [4.78, 5) is 0. The van der Waals surface area contributed by atoms with E-state index in [1.807, 2.05) is 10.7 Å². The van der Waals surface area contributed by atoms with Crippen molar-refractivity contribution in [2.24, 2.45) is 0 Å². The smallest absolute Gasteiger partial charge is 0.0993 e. The van der Waals surface area contributed by atoms with Crippen molar-refractivity contribution >= 4 is 22.6 Å². The largest absolute Gasteiger partial charge is 0.390 e. The van der Waals surface area contributed by atoms with E-state index in [1.165, 1.54) is 0 Å². The summed E-state index contributed by atoms with van der Waals surface area (Å²) in [5.41, 5.74) is 0.753. The van der Waals surface area contributed by atoms with Gasteiger partial charge in [-0.1, -0.05) is 6.92 Å². The normalized spacial score (nSPS) is 10.5. The first kappa shape index (κ1) is 8.99. The molecule has 0 saturated heterocycles. The average molecular weight is 266 g/mol. The Morgan fingerprint density at radius 3 is 2.91 bits per heavy atom. The van der Waals surface area contributed by atoms with Gasteiger partial charge in [0.2, 0.25) is 0 Å². The number of hydrogen-bond acceptors (Lipinski definition) is 2. The van der Waals surface area contributed by atoms with Gasteiger partial charge in [-0.25, -0.2) is 0 Å². The Morgan fingerprint density at radius 2 is 2.45 bits per heavy atom. The van der Waals surface area contributed by atoms with Gasteiger partial charge in [0.05, 0.1) is 16.0 Å². The molecule has 11 heavy (non-hydrogen) atoms. The monoisotopic (exact) mass is 266 g/mol. The average Bonchev–Trinajstić information content (AvgIpc) is 2.33. The maximum atomic E-state index is 8.76. The number of rotatable bonds is 3. The Kier molecular flexibility index (Phi) is 3.32. The van der Waals surface area contributed by atoms with E-state index in [9.17, 15) is 0 Å². The van der Waals surface area contributed by atoms with Gasteiger partial charge in [-0.05, 0) is 35.1 Å². The molecule has 0 saturated carbocycles. The van der Waals surface area contributed by atoms with E-state index in [1.54, 1.807) is 0 Å². The third-order valence-electron chi connectivity index (χ3n) is 1.38. The number of nitrogens with zero attached hydrogens (tertiary/aromatic N) is 2. The van der Waals surface area contributed by atoms with Crippen LogP contribution in [0.2, 0.25) is 0 Å². The van der Waals surface area contributed by atoms with Crippen LogP contribution in [0.4, 0.5) is 0 Å². The van der Waals surface area contributed by atoms with Crippen molar-refractivity contribution in [3.05, 3.63) is 15.5 Å². The minimum atomic E-state index is 0.0344. The maximum absolute atomic E-state index is 8.76. The Morgan fingerprint density at radius 1 is 1.73 bits per heavy atom. The number of aromatic nitrogens is 2. The first-order valence-corrected chi connectivity index (χ1v) is 4.69. The minimum absolute atomic E-state index is 0.0344. The van der Waals surface area contributed by atoms with E-state index in [4.69, 9.17) is 5.11 Å². The van der Waals surface area contributed by atoms with Crippen LogP contribution in [-0.4, -0.2) is 14.9 Å². The summed E-state index contributed by atoms with van der Waals surface area (Å²) in [6, 6.07) is 1.90. The zero-order valence-corrected chi connectivity index (χ0v) is 8.58. The number of aliphatic hydroxyl groups is 1. The fraction of sp³-hybridized carbons (Fsp3) is 0.571. The summed E-state index contributed by atoms with van der Waals surface area (Å²) in [5.74, 6) is 0. The van der Waals surface area contributed by atoms with Gasteiger partial charge in [0.15, 0.2) is 0 Å². The molecule has 0 aliphatic carbocycles. The highest BCUT2D eigenvalue weighted by molar-refractivity contribution is 14.1. The topological polar surface area (TPSA) is 38.0 Å². The molecule has 1 aromatic heterocycles. The lowest BCUT2D eigenvalue weighted by atomic mass is 10.5. The van der Waals surface area contributed by atoms with Crippen molar-refractivity contribution in [2.45, 2.75) is 26.5 Å². The number of aryl methyl sites for hydroxylation is 1. The quantitative estimate of drug-likeness (QED) is 0.839. The van der Waals surface area contributed by atoms with Crippen molar-refractivity contribution in [3.63, 3.8) is 0 Å². The van der Waals surface area contributed by atoms with Crippen LogP contribution in [-0.2, 0) is 13.2 Å². The zero-order chi connectivity index (χ0) is 8.27. The highest BCUT2D eigenvalue weighted by Gasteiger charge is 2.01. The molecule has 1 aromatic rings. The van der Waals surface area contributed by atoms with Crippen LogP contribution < -0.4 is 0 Å². The Labute approximate surface area is 79.6 Å². The predicted molar refractivity (Wildman–Crippen MR) is 51.2 cm³/mol. The van der Waals surface area contributed by atoms with Crippen molar-refractivity contribution in [1.82, 2.24) is 9.78 Å². The molecule has 1 rings (SSSR count). The molecule has 0 unspecified atom stereocenters. The van der Waals surface area contributed by atoms with E-state index in [-0.39, 0.29) is 6.61 Å². The predicted octanol–water partition coefficient (Wildman–Crippen LogP) is 1.39. The molecule has 0 amide bonds. The second-order valence-corrected chi connectivity index (χ2v) is 3.44. The van der Waals surface area contributed by atoms with E-state index in [2.05, 4.69) is 34.6 Å². The van der Waals surface area contributed by atoms with Gasteiger partial charge in [-0.15, -0.1) is 0 Å². The van der Waals surface area contributed by atoms with Crippen LogP contribution in [0, 0.1) is 3.70 Å². The summed E-state index contributed by atoms with van der Waals surface area (Å²) in [5, 5.41) is 12.9. The van der Waals surface area contributed by atoms with E-state index < -0.39 is 0 Å². The van der Waals surface area contributed by atoms with Crippen LogP contribution >= 0.6 is 22.6 Å². The van der Waals surface area contributed by atoms with Crippen LogP contribution in [0.25, 0.3) is 0 Å². The highest BCUT2D eigenvalue weighted by atomic mass is 127. The fourth-order valence-corrected chi connectivity index (χ4v) is 1.60. The first-order valence-electron chi connectivity index (χ1n) is 3.61. The minimum Gasteiger partial charge on any atom is -0.390 e. The van der Waals surface area contributed by atoms with Gasteiger partial charge in [-0.2, -0.15) is 5.10 Å². The summed E-state index contributed by atoms with van der Waals surface area (Å²) < 4.78 is 3.00. The maximum Gasteiger partial charge on any atom is 0.0993 e. The molecule has 0 fully saturated rings.